The minimum atomic E-state index is -0.511. The Labute approximate surface area is 222 Å². The van der Waals surface area contributed by atoms with Gasteiger partial charge in [0.1, 0.15) is 11.5 Å². The third kappa shape index (κ3) is 6.54. The zero-order chi connectivity index (χ0) is 28.4. The maximum atomic E-state index is 11.5. The summed E-state index contributed by atoms with van der Waals surface area (Å²) in [7, 11) is 0. The summed E-state index contributed by atoms with van der Waals surface area (Å²) in [5.74, 6) is -0.0853. The van der Waals surface area contributed by atoms with Crippen molar-refractivity contribution in [1.82, 2.24) is 0 Å². The number of nitrogens with zero attached hydrogens (tertiary/aromatic N) is 4. The minimum absolute atomic E-state index is 0.0427. The maximum absolute atomic E-state index is 11.5. The normalized spacial score (nSPS) is 18.8. The van der Waals surface area contributed by atoms with Crippen LogP contribution in [0.3, 0.4) is 0 Å². The molecular weight excluding hydrogens is 488 g/mol. The van der Waals surface area contributed by atoms with Gasteiger partial charge in [0.25, 0.3) is 11.4 Å². The van der Waals surface area contributed by atoms with Crippen molar-refractivity contribution in [2.24, 2.45) is 9.98 Å². The van der Waals surface area contributed by atoms with Crippen LogP contribution in [0, 0.1) is 20.2 Å². The molecule has 10 nitrogen and oxygen atoms in total. The number of hydrogen-bond acceptors (Lipinski definition) is 8. The second-order valence-electron chi connectivity index (χ2n) is 11.9. The number of phenols is 2. The van der Waals surface area contributed by atoms with Crippen molar-refractivity contribution in [3.8, 4) is 11.5 Å². The molecule has 0 radical (unpaired) electrons. The van der Waals surface area contributed by atoms with E-state index in [4.69, 9.17) is 0 Å². The van der Waals surface area contributed by atoms with E-state index in [0.29, 0.717) is 11.1 Å². The lowest BCUT2D eigenvalue weighted by atomic mass is 9.84. The molecule has 1 fully saturated rings. The van der Waals surface area contributed by atoms with Gasteiger partial charge in [-0.1, -0.05) is 54.4 Å². The molecule has 204 valence electrons. The molecule has 1 saturated carbocycles. The Morgan fingerprint density at radius 3 is 1.37 bits per heavy atom. The van der Waals surface area contributed by atoms with Crippen molar-refractivity contribution >= 4 is 23.8 Å². The zero-order valence-corrected chi connectivity index (χ0v) is 22.8. The Hall–Kier alpha value is -3.82. The van der Waals surface area contributed by atoms with E-state index in [1.54, 1.807) is 0 Å². The first kappa shape index (κ1) is 28.7. The van der Waals surface area contributed by atoms with Crippen molar-refractivity contribution in [3.05, 3.63) is 66.7 Å². The number of non-ortho nitro benzene ring substituents is 2. The fourth-order valence-corrected chi connectivity index (χ4v) is 4.62. The molecule has 2 aromatic rings. The Bertz CT molecular complexity index is 1190. The van der Waals surface area contributed by atoms with Crippen LogP contribution in [0.15, 0.2) is 34.3 Å². The van der Waals surface area contributed by atoms with E-state index in [-0.39, 0.29) is 46.1 Å². The van der Waals surface area contributed by atoms with Gasteiger partial charge in [-0.15, -0.1) is 0 Å². The summed E-state index contributed by atoms with van der Waals surface area (Å²) in [6.45, 7) is 11.2. The molecule has 0 aromatic heterocycles. The SMILES string of the molecule is CC(C)(C)c1cc([N+](=O)[O-])cc(C=N[C@H]2CCCC[C@H]2N=Cc2cc([N+](=O)[O-])cc(C(C)(C)C)c2O)c1O. The van der Waals surface area contributed by atoms with Crippen LogP contribution in [0.25, 0.3) is 0 Å². The smallest absolute Gasteiger partial charge is 0.270 e. The largest absolute Gasteiger partial charge is 0.507 e. The summed E-state index contributed by atoms with van der Waals surface area (Å²) in [5.41, 5.74) is 0.188. The van der Waals surface area contributed by atoms with Crippen LogP contribution < -0.4 is 0 Å². The van der Waals surface area contributed by atoms with Gasteiger partial charge in [0.05, 0.1) is 21.9 Å². The van der Waals surface area contributed by atoms with E-state index in [1.807, 2.05) is 41.5 Å². The van der Waals surface area contributed by atoms with Gasteiger partial charge in [0, 0.05) is 58.9 Å². The Morgan fingerprint density at radius 1 is 0.737 bits per heavy atom. The second-order valence-corrected chi connectivity index (χ2v) is 11.9. The molecule has 2 aromatic carbocycles. The van der Waals surface area contributed by atoms with Crippen LogP contribution in [0.5, 0.6) is 11.5 Å². The summed E-state index contributed by atoms with van der Waals surface area (Å²) in [4.78, 5) is 31.3. The first-order valence-corrected chi connectivity index (χ1v) is 12.7. The topological polar surface area (TPSA) is 151 Å². The molecule has 38 heavy (non-hydrogen) atoms. The first-order chi connectivity index (χ1) is 17.6. The van der Waals surface area contributed by atoms with E-state index < -0.39 is 20.7 Å². The van der Waals surface area contributed by atoms with Gasteiger partial charge >= 0.3 is 0 Å². The van der Waals surface area contributed by atoms with Crippen molar-refractivity contribution in [1.29, 1.82) is 0 Å². The number of phenolic OH excluding ortho intramolecular Hbond substituents is 2. The number of nitro benzene ring substituents is 2. The molecule has 0 saturated heterocycles. The lowest BCUT2D eigenvalue weighted by Gasteiger charge is -2.26. The highest BCUT2D eigenvalue weighted by Crippen LogP contribution is 2.37. The van der Waals surface area contributed by atoms with Gasteiger partial charge in [-0.2, -0.15) is 0 Å². The van der Waals surface area contributed by atoms with Gasteiger partial charge < -0.3 is 10.2 Å². The Morgan fingerprint density at radius 2 is 1.08 bits per heavy atom. The first-order valence-electron chi connectivity index (χ1n) is 12.7. The number of benzene rings is 2. The standard InChI is InChI=1S/C28H36N4O6/c1-27(2,3)21-13-19(31(35)36)11-17(25(21)33)15-29-23-9-7-8-10-24(23)30-16-18-12-20(32(37)38)14-22(26(18)34)28(4,5)6/h11-16,23-24,33-34H,7-10H2,1-6H3/t23-,24+. The van der Waals surface area contributed by atoms with Gasteiger partial charge in [0.2, 0.25) is 0 Å². The molecule has 10 heteroatoms. The second kappa shape index (κ2) is 10.9. The molecule has 2 atom stereocenters. The van der Waals surface area contributed by atoms with E-state index in [9.17, 15) is 30.4 Å². The predicted octanol–water partition coefficient (Wildman–Crippen LogP) is 6.36. The molecule has 0 spiro atoms. The van der Waals surface area contributed by atoms with Crippen LogP contribution in [0.1, 0.15) is 89.5 Å². The molecule has 3 rings (SSSR count). The number of nitro groups is 2. The lowest BCUT2D eigenvalue weighted by molar-refractivity contribution is -0.385. The monoisotopic (exact) mass is 524 g/mol. The molecule has 0 aliphatic heterocycles. The number of rotatable bonds is 6. The summed E-state index contributed by atoms with van der Waals surface area (Å²) in [5, 5.41) is 44.7. The molecule has 0 bridgehead atoms. The average Bonchev–Trinajstić information content (AvgIpc) is 2.81. The fraction of sp³-hybridized carbons (Fsp3) is 0.500. The molecule has 0 unspecified atom stereocenters. The van der Waals surface area contributed by atoms with E-state index in [1.165, 1.54) is 36.7 Å². The van der Waals surface area contributed by atoms with Gasteiger partial charge in [-0.25, -0.2) is 0 Å². The van der Waals surface area contributed by atoms with Crippen molar-refractivity contribution in [2.45, 2.75) is 90.1 Å². The highest BCUT2D eigenvalue weighted by molar-refractivity contribution is 5.87. The van der Waals surface area contributed by atoms with Gasteiger partial charge in [-0.3, -0.25) is 30.2 Å². The molecular formula is C28H36N4O6. The zero-order valence-electron chi connectivity index (χ0n) is 22.8. The van der Waals surface area contributed by atoms with Crippen LogP contribution in [-0.4, -0.2) is 44.6 Å². The van der Waals surface area contributed by atoms with E-state index >= 15 is 0 Å². The number of hydrogen-bond donors (Lipinski definition) is 2. The van der Waals surface area contributed by atoms with E-state index in [2.05, 4.69) is 9.98 Å². The Kier molecular flexibility index (Phi) is 8.24. The van der Waals surface area contributed by atoms with Crippen LogP contribution in [0.4, 0.5) is 11.4 Å². The highest BCUT2D eigenvalue weighted by Gasteiger charge is 2.27. The summed E-state index contributed by atoms with van der Waals surface area (Å²) >= 11 is 0. The van der Waals surface area contributed by atoms with Crippen molar-refractivity contribution < 1.29 is 20.1 Å². The molecule has 1 aliphatic rings. The number of aliphatic imine (C=N–C) groups is 2. The molecule has 0 heterocycles. The maximum Gasteiger partial charge on any atom is 0.270 e. The summed E-state index contributed by atoms with van der Waals surface area (Å²) in [6.07, 6.45) is 6.26. The van der Waals surface area contributed by atoms with Crippen molar-refractivity contribution in [3.63, 3.8) is 0 Å². The highest BCUT2D eigenvalue weighted by atomic mass is 16.6. The fourth-order valence-electron chi connectivity index (χ4n) is 4.62. The van der Waals surface area contributed by atoms with Crippen LogP contribution in [-0.2, 0) is 10.8 Å². The summed E-state index contributed by atoms with van der Waals surface area (Å²) in [6, 6.07) is 4.89. The minimum Gasteiger partial charge on any atom is -0.507 e. The van der Waals surface area contributed by atoms with Gasteiger partial charge in [0.15, 0.2) is 0 Å². The molecule has 1 aliphatic carbocycles. The summed E-state index contributed by atoms with van der Waals surface area (Å²) < 4.78 is 0. The quantitative estimate of drug-likeness (QED) is 0.255. The number of aromatic hydroxyl groups is 2. The lowest BCUT2D eigenvalue weighted by Crippen LogP contribution is -2.27. The third-order valence-electron chi connectivity index (χ3n) is 6.79. The average molecular weight is 525 g/mol. The van der Waals surface area contributed by atoms with Crippen LogP contribution in [0.2, 0.25) is 0 Å². The van der Waals surface area contributed by atoms with Crippen molar-refractivity contribution in [2.75, 3.05) is 0 Å². The van der Waals surface area contributed by atoms with Crippen LogP contribution >= 0.6 is 0 Å². The van der Waals surface area contributed by atoms with E-state index in [0.717, 1.165) is 25.7 Å². The Balaban J connectivity index is 1.97. The third-order valence-corrected chi connectivity index (χ3v) is 6.79. The molecule has 2 N–H and O–H groups in total. The predicted molar refractivity (Wildman–Crippen MR) is 148 cm³/mol. The molecule has 0 amide bonds. The van der Waals surface area contributed by atoms with Gasteiger partial charge in [-0.05, 0) is 23.7 Å².